The number of fused-ring (bicyclic) bond motifs is 1. The summed E-state index contributed by atoms with van der Waals surface area (Å²) in [5.74, 6) is 1.13. The Balaban J connectivity index is 2.20. The van der Waals surface area contributed by atoms with Crippen molar-refractivity contribution in [3.63, 3.8) is 0 Å². The molecule has 0 unspecified atom stereocenters. The number of nitrogens with zero attached hydrogens (tertiary/aromatic N) is 3. The van der Waals surface area contributed by atoms with E-state index in [1.807, 2.05) is 0 Å². The molecule has 94 valence electrons. The topological polar surface area (TPSA) is 55.0 Å². The highest BCUT2D eigenvalue weighted by Crippen LogP contribution is 2.27. The normalized spacial score (nSPS) is 13.8. The largest absolute Gasteiger partial charge is 0.355 e. The second-order valence-electron chi connectivity index (χ2n) is 4.61. The van der Waals surface area contributed by atoms with Crippen LogP contribution in [0.15, 0.2) is 6.33 Å². The Kier molecular flexibility index (Phi) is 4.31. The SMILES string of the molecule is CCCCN(CCN)c1ncnc2c1CCC2. The van der Waals surface area contributed by atoms with Crippen molar-refractivity contribution in [1.82, 2.24) is 9.97 Å². The van der Waals surface area contributed by atoms with Gasteiger partial charge in [-0.05, 0) is 25.7 Å². The molecular formula is C13H22N4. The molecule has 0 spiro atoms. The van der Waals surface area contributed by atoms with Crippen molar-refractivity contribution in [2.45, 2.75) is 39.0 Å². The molecule has 1 aliphatic rings. The van der Waals surface area contributed by atoms with Gasteiger partial charge in [0.2, 0.25) is 0 Å². The fraction of sp³-hybridized carbons (Fsp3) is 0.692. The van der Waals surface area contributed by atoms with Crippen molar-refractivity contribution in [1.29, 1.82) is 0 Å². The first kappa shape index (κ1) is 12.3. The molecule has 0 radical (unpaired) electrons. The van der Waals surface area contributed by atoms with Crippen molar-refractivity contribution in [3.8, 4) is 0 Å². The fourth-order valence-electron chi connectivity index (χ4n) is 2.44. The highest BCUT2D eigenvalue weighted by Gasteiger charge is 2.20. The van der Waals surface area contributed by atoms with E-state index in [1.54, 1.807) is 6.33 Å². The Labute approximate surface area is 103 Å². The van der Waals surface area contributed by atoms with Crippen LogP contribution in [0.4, 0.5) is 5.82 Å². The molecule has 0 bridgehead atoms. The van der Waals surface area contributed by atoms with Gasteiger partial charge in [0, 0.05) is 30.9 Å². The van der Waals surface area contributed by atoms with Crippen LogP contribution in [-0.4, -0.2) is 29.6 Å². The zero-order valence-electron chi connectivity index (χ0n) is 10.7. The lowest BCUT2D eigenvalue weighted by Gasteiger charge is -2.24. The molecule has 17 heavy (non-hydrogen) atoms. The van der Waals surface area contributed by atoms with Crippen LogP contribution in [0.25, 0.3) is 0 Å². The van der Waals surface area contributed by atoms with Gasteiger partial charge in [0.1, 0.15) is 12.1 Å². The zero-order chi connectivity index (χ0) is 12.1. The van der Waals surface area contributed by atoms with Crippen LogP contribution in [0.2, 0.25) is 0 Å². The fourth-order valence-corrected chi connectivity index (χ4v) is 2.44. The number of nitrogens with two attached hydrogens (primary N) is 1. The van der Waals surface area contributed by atoms with E-state index < -0.39 is 0 Å². The number of anilines is 1. The van der Waals surface area contributed by atoms with Gasteiger partial charge in [-0.15, -0.1) is 0 Å². The van der Waals surface area contributed by atoms with Crippen molar-refractivity contribution >= 4 is 5.82 Å². The molecule has 0 atom stereocenters. The van der Waals surface area contributed by atoms with E-state index in [0.29, 0.717) is 6.54 Å². The number of hydrogen-bond acceptors (Lipinski definition) is 4. The van der Waals surface area contributed by atoms with Crippen LogP contribution in [0, 0.1) is 0 Å². The summed E-state index contributed by atoms with van der Waals surface area (Å²) in [4.78, 5) is 11.2. The van der Waals surface area contributed by atoms with Gasteiger partial charge < -0.3 is 10.6 Å². The summed E-state index contributed by atoms with van der Waals surface area (Å²) >= 11 is 0. The molecule has 2 rings (SSSR count). The summed E-state index contributed by atoms with van der Waals surface area (Å²) in [5.41, 5.74) is 8.30. The second kappa shape index (κ2) is 5.96. The molecule has 1 aromatic rings. The standard InChI is InChI=1S/C13H22N4/c1-2-3-8-17(9-7-14)13-11-5-4-6-12(11)15-10-16-13/h10H,2-9,14H2,1H3. The molecular weight excluding hydrogens is 212 g/mol. The van der Waals surface area contributed by atoms with Gasteiger partial charge in [-0.1, -0.05) is 13.3 Å². The first-order chi connectivity index (χ1) is 8.36. The van der Waals surface area contributed by atoms with E-state index in [-0.39, 0.29) is 0 Å². The summed E-state index contributed by atoms with van der Waals surface area (Å²) in [5, 5.41) is 0. The lowest BCUT2D eigenvalue weighted by atomic mass is 10.2. The van der Waals surface area contributed by atoms with Crippen LogP contribution in [-0.2, 0) is 12.8 Å². The molecule has 0 amide bonds. The first-order valence-corrected chi connectivity index (χ1v) is 6.64. The highest BCUT2D eigenvalue weighted by atomic mass is 15.2. The van der Waals surface area contributed by atoms with E-state index in [0.717, 1.165) is 31.7 Å². The minimum Gasteiger partial charge on any atom is -0.355 e. The van der Waals surface area contributed by atoms with Gasteiger partial charge in [-0.25, -0.2) is 9.97 Å². The number of rotatable bonds is 6. The van der Waals surface area contributed by atoms with E-state index >= 15 is 0 Å². The van der Waals surface area contributed by atoms with E-state index in [2.05, 4.69) is 21.8 Å². The maximum Gasteiger partial charge on any atom is 0.135 e. The number of unbranched alkanes of at least 4 members (excludes halogenated alkanes) is 1. The molecule has 0 saturated carbocycles. The van der Waals surface area contributed by atoms with Crippen molar-refractivity contribution in [2.24, 2.45) is 5.73 Å². The monoisotopic (exact) mass is 234 g/mol. The first-order valence-electron chi connectivity index (χ1n) is 6.64. The van der Waals surface area contributed by atoms with Gasteiger partial charge in [0.25, 0.3) is 0 Å². The third-order valence-corrected chi connectivity index (χ3v) is 3.33. The van der Waals surface area contributed by atoms with Crippen LogP contribution >= 0.6 is 0 Å². The second-order valence-corrected chi connectivity index (χ2v) is 4.61. The van der Waals surface area contributed by atoms with Gasteiger partial charge in [-0.3, -0.25) is 0 Å². The van der Waals surface area contributed by atoms with Crippen LogP contribution in [0.1, 0.15) is 37.4 Å². The van der Waals surface area contributed by atoms with Gasteiger partial charge in [0.05, 0.1) is 0 Å². The number of aromatic nitrogens is 2. The quantitative estimate of drug-likeness (QED) is 0.811. The lowest BCUT2D eigenvalue weighted by Crippen LogP contribution is -2.32. The maximum atomic E-state index is 5.70. The van der Waals surface area contributed by atoms with Crippen LogP contribution in [0.3, 0.4) is 0 Å². The van der Waals surface area contributed by atoms with Gasteiger partial charge in [0.15, 0.2) is 0 Å². The molecule has 0 aliphatic heterocycles. The van der Waals surface area contributed by atoms with Crippen LogP contribution in [0.5, 0.6) is 0 Å². The summed E-state index contributed by atoms with van der Waals surface area (Å²) < 4.78 is 0. The Morgan fingerprint density at radius 1 is 1.29 bits per heavy atom. The molecule has 1 aliphatic carbocycles. The lowest BCUT2D eigenvalue weighted by molar-refractivity contribution is 0.702. The third kappa shape index (κ3) is 2.75. The van der Waals surface area contributed by atoms with Crippen molar-refractivity contribution in [3.05, 3.63) is 17.6 Å². The van der Waals surface area contributed by atoms with E-state index in [9.17, 15) is 0 Å². The Morgan fingerprint density at radius 2 is 2.18 bits per heavy atom. The molecule has 2 N–H and O–H groups in total. The average molecular weight is 234 g/mol. The molecule has 0 saturated heterocycles. The highest BCUT2D eigenvalue weighted by molar-refractivity contribution is 5.50. The molecule has 1 aromatic heterocycles. The summed E-state index contributed by atoms with van der Waals surface area (Å²) in [6.07, 6.45) is 7.54. The zero-order valence-corrected chi connectivity index (χ0v) is 10.7. The molecule has 4 heteroatoms. The molecule has 0 aromatic carbocycles. The summed E-state index contributed by atoms with van der Waals surface area (Å²) in [7, 11) is 0. The van der Waals surface area contributed by atoms with Crippen molar-refractivity contribution < 1.29 is 0 Å². The van der Waals surface area contributed by atoms with E-state index in [4.69, 9.17) is 5.73 Å². The third-order valence-electron chi connectivity index (χ3n) is 3.33. The Morgan fingerprint density at radius 3 is 2.94 bits per heavy atom. The van der Waals surface area contributed by atoms with E-state index in [1.165, 1.54) is 30.5 Å². The molecule has 4 nitrogen and oxygen atoms in total. The average Bonchev–Trinajstić information content (AvgIpc) is 2.82. The minimum absolute atomic E-state index is 0.683. The molecule has 0 fully saturated rings. The smallest absolute Gasteiger partial charge is 0.135 e. The van der Waals surface area contributed by atoms with Crippen molar-refractivity contribution in [2.75, 3.05) is 24.5 Å². The predicted molar refractivity (Wildman–Crippen MR) is 70.2 cm³/mol. The Hall–Kier alpha value is -1.16. The summed E-state index contributed by atoms with van der Waals surface area (Å²) in [6, 6.07) is 0. The van der Waals surface area contributed by atoms with Gasteiger partial charge in [-0.2, -0.15) is 0 Å². The summed E-state index contributed by atoms with van der Waals surface area (Å²) in [6.45, 7) is 4.84. The van der Waals surface area contributed by atoms with Gasteiger partial charge >= 0.3 is 0 Å². The molecule has 1 heterocycles. The predicted octanol–water partition coefficient (Wildman–Crippen LogP) is 1.53. The number of hydrogen-bond donors (Lipinski definition) is 1. The Bertz CT molecular complexity index is 364. The minimum atomic E-state index is 0.683. The van der Waals surface area contributed by atoms with Crippen LogP contribution < -0.4 is 10.6 Å². The maximum absolute atomic E-state index is 5.70. The number of aryl methyl sites for hydroxylation is 1.